The molecule has 1 fully saturated rings. The van der Waals surface area contributed by atoms with Crippen molar-refractivity contribution < 1.29 is 9.18 Å². The Morgan fingerprint density at radius 2 is 2.04 bits per heavy atom. The fraction of sp³-hybridized carbons (Fsp3) is 0.455. The van der Waals surface area contributed by atoms with E-state index in [1.165, 1.54) is 31.4 Å². The Morgan fingerprint density at radius 3 is 2.68 bits per heavy atom. The van der Waals surface area contributed by atoms with Gasteiger partial charge in [-0.15, -0.1) is 0 Å². The molecule has 0 saturated heterocycles. The van der Waals surface area contributed by atoms with Gasteiger partial charge < -0.3 is 5.32 Å². The van der Waals surface area contributed by atoms with Gasteiger partial charge in [0, 0.05) is 11.7 Å². The Kier molecular flexibility index (Phi) is 6.15. The van der Waals surface area contributed by atoms with E-state index in [0.717, 1.165) is 24.1 Å². The molecule has 6 heteroatoms. The van der Waals surface area contributed by atoms with Crippen LogP contribution in [-0.4, -0.2) is 35.0 Å². The quantitative estimate of drug-likeness (QED) is 0.838. The molecule has 148 valence electrons. The molecule has 0 bridgehead atoms. The summed E-state index contributed by atoms with van der Waals surface area (Å²) >= 11 is 0. The van der Waals surface area contributed by atoms with Crippen LogP contribution in [0.3, 0.4) is 0 Å². The summed E-state index contributed by atoms with van der Waals surface area (Å²) in [6.07, 6.45) is 5.91. The van der Waals surface area contributed by atoms with Crippen LogP contribution in [0.15, 0.2) is 24.3 Å². The third kappa shape index (κ3) is 4.10. The van der Waals surface area contributed by atoms with Gasteiger partial charge in [-0.25, -0.2) is 4.39 Å². The number of likely N-dealkylation sites (N-methyl/N-ethyl adjacent to an activating group) is 1. The minimum Gasteiger partial charge on any atom is -0.310 e. The molecule has 28 heavy (non-hydrogen) atoms. The Balaban J connectivity index is 1.87. The Bertz CT molecular complexity index is 906. The van der Waals surface area contributed by atoms with Crippen molar-refractivity contribution in [2.24, 2.45) is 0 Å². The molecular weight excluding hydrogens is 355 g/mol. The van der Waals surface area contributed by atoms with Crippen LogP contribution in [0.2, 0.25) is 0 Å². The standard InChI is InChI=1S/C22H27FN4O/c1-15-16(2)27(19-11-7-8-17(23)12-19)22(20(15)13-24)25-21(28)14-26(3)18-9-5-4-6-10-18/h7-8,11-12,18H,4-6,9-10,14H2,1-3H3,(H,25,28). The fourth-order valence-corrected chi connectivity index (χ4v) is 4.05. The van der Waals surface area contributed by atoms with Gasteiger partial charge >= 0.3 is 0 Å². The maximum atomic E-state index is 13.8. The van der Waals surface area contributed by atoms with E-state index in [9.17, 15) is 14.4 Å². The topological polar surface area (TPSA) is 61.1 Å². The molecular formula is C22H27FN4O. The molecule has 1 amide bonds. The van der Waals surface area contributed by atoms with Gasteiger partial charge in [-0.3, -0.25) is 14.3 Å². The number of hydrogen-bond acceptors (Lipinski definition) is 3. The van der Waals surface area contributed by atoms with Gasteiger partial charge in [0.2, 0.25) is 5.91 Å². The molecule has 0 unspecified atom stereocenters. The lowest BCUT2D eigenvalue weighted by Gasteiger charge is -2.30. The molecule has 3 rings (SSSR count). The Hall–Kier alpha value is -2.65. The van der Waals surface area contributed by atoms with E-state index in [1.807, 2.05) is 20.9 Å². The number of nitrogens with one attached hydrogen (secondary N) is 1. The van der Waals surface area contributed by atoms with E-state index in [1.54, 1.807) is 16.7 Å². The molecule has 2 aromatic rings. The van der Waals surface area contributed by atoms with Gasteiger partial charge in [0.05, 0.1) is 17.8 Å². The van der Waals surface area contributed by atoms with Crippen LogP contribution in [-0.2, 0) is 4.79 Å². The SMILES string of the molecule is Cc1c(C#N)c(NC(=O)CN(C)C2CCCCC2)n(-c2cccc(F)c2)c1C. The molecule has 1 saturated carbocycles. The highest BCUT2D eigenvalue weighted by atomic mass is 19.1. The van der Waals surface area contributed by atoms with Crippen LogP contribution in [0.5, 0.6) is 0 Å². The molecule has 1 N–H and O–H groups in total. The van der Waals surface area contributed by atoms with Crippen molar-refractivity contribution in [2.75, 3.05) is 18.9 Å². The van der Waals surface area contributed by atoms with Crippen molar-refractivity contribution in [3.05, 3.63) is 46.9 Å². The second kappa shape index (κ2) is 8.57. The van der Waals surface area contributed by atoms with Crippen LogP contribution in [0.1, 0.15) is 48.9 Å². The van der Waals surface area contributed by atoms with Crippen molar-refractivity contribution in [1.82, 2.24) is 9.47 Å². The van der Waals surface area contributed by atoms with Crippen LogP contribution < -0.4 is 5.32 Å². The number of amides is 1. The smallest absolute Gasteiger partial charge is 0.239 e. The normalized spacial score (nSPS) is 14.9. The zero-order chi connectivity index (χ0) is 20.3. The highest BCUT2D eigenvalue weighted by Gasteiger charge is 2.23. The monoisotopic (exact) mass is 382 g/mol. The van der Waals surface area contributed by atoms with E-state index in [-0.39, 0.29) is 18.3 Å². The van der Waals surface area contributed by atoms with E-state index in [2.05, 4.69) is 16.3 Å². The molecule has 1 aromatic heterocycles. The first-order valence-corrected chi connectivity index (χ1v) is 9.80. The summed E-state index contributed by atoms with van der Waals surface area (Å²) < 4.78 is 15.5. The third-order valence-electron chi connectivity index (χ3n) is 5.74. The molecule has 0 atom stereocenters. The minimum atomic E-state index is -0.365. The Morgan fingerprint density at radius 1 is 1.32 bits per heavy atom. The van der Waals surface area contributed by atoms with E-state index in [4.69, 9.17) is 0 Å². The van der Waals surface area contributed by atoms with Gasteiger partial charge in [0.25, 0.3) is 0 Å². The summed E-state index contributed by atoms with van der Waals surface area (Å²) in [6, 6.07) is 8.77. The van der Waals surface area contributed by atoms with Gasteiger partial charge in [0.1, 0.15) is 17.7 Å². The number of hydrogen-bond donors (Lipinski definition) is 1. The maximum Gasteiger partial charge on any atom is 0.239 e. The van der Waals surface area contributed by atoms with Gasteiger partial charge in [-0.2, -0.15) is 5.26 Å². The summed E-state index contributed by atoms with van der Waals surface area (Å²) in [6.45, 7) is 3.97. The number of carbonyl (C=O) groups excluding carboxylic acids is 1. The van der Waals surface area contributed by atoms with Gasteiger partial charge in [-0.1, -0.05) is 25.3 Å². The third-order valence-corrected chi connectivity index (χ3v) is 5.74. The number of anilines is 1. The average molecular weight is 382 g/mol. The first-order chi connectivity index (χ1) is 13.4. The fourth-order valence-electron chi connectivity index (χ4n) is 4.05. The zero-order valence-corrected chi connectivity index (χ0v) is 16.8. The number of rotatable bonds is 5. The van der Waals surface area contributed by atoms with Crippen molar-refractivity contribution in [2.45, 2.75) is 52.0 Å². The summed E-state index contributed by atoms with van der Waals surface area (Å²) in [5.41, 5.74) is 2.58. The van der Waals surface area contributed by atoms with E-state index >= 15 is 0 Å². The van der Waals surface area contributed by atoms with Crippen molar-refractivity contribution in [3.63, 3.8) is 0 Å². The van der Waals surface area contributed by atoms with Gasteiger partial charge in [-0.05, 0) is 57.5 Å². The summed E-state index contributed by atoms with van der Waals surface area (Å²) in [5, 5.41) is 12.6. The molecule has 5 nitrogen and oxygen atoms in total. The number of nitrogens with zero attached hydrogens (tertiary/aromatic N) is 3. The molecule has 1 aliphatic carbocycles. The van der Waals surface area contributed by atoms with Crippen LogP contribution in [0.4, 0.5) is 10.2 Å². The molecule has 0 spiro atoms. The minimum absolute atomic E-state index is 0.167. The summed E-state index contributed by atoms with van der Waals surface area (Å²) in [5.74, 6) is -0.124. The summed E-state index contributed by atoms with van der Waals surface area (Å²) in [4.78, 5) is 14.8. The molecule has 1 heterocycles. The van der Waals surface area contributed by atoms with Crippen LogP contribution >= 0.6 is 0 Å². The largest absolute Gasteiger partial charge is 0.310 e. The van der Waals surface area contributed by atoms with Gasteiger partial charge in [0.15, 0.2) is 0 Å². The highest BCUT2D eigenvalue weighted by molar-refractivity contribution is 5.93. The lowest BCUT2D eigenvalue weighted by molar-refractivity contribution is -0.117. The zero-order valence-electron chi connectivity index (χ0n) is 16.8. The second-order valence-electron chi connectivity index (χ2n) is 7.62. The van der Waals surface area contributed by atoms with E-state index in [0.29, 0.717) is 23.1 Å². The molecule has 0 aliphatic heterocycles. The Labute approximate surface area is 165 Å². The predicted octanol–water partition coefficient (Wildman–Crippen LogP) is 4.31. The highest BCUT2D eigenvalue weighted by Crippen LogP contribution is 2.30. The number of halogens is 1. The second-order valence-corrected chi connectivity index (χ2v) is 7.62. The first kappa shape index (κ1) is 20.1. The number of carbonyl (C=O) groups is 1. The van der Waals surface area contributed by atoms with Crippen LogP contribution in [0.25, 0.3) is 5.69 Å². The number of nitriles is 1. The lowest BCUT2D eigenvalue weighted by Crippen LogP contribution is -2.39. The average Bonchev–Trinajstić information content (AvgIpc) is 2.91. The molecule has 0 radical (unpaired) electrons. The summed E-state index contributed by atoms with van der Waals surface area (Å²) in [7, 11) is 1.98. The molecule has 1 aliphatic rings. The number of benzene rings is 1. The van der Waals surface area contributed by atoms with Crippen molar-refractivity contribution in [3.8, 4) is 11.8 Å². The van der Waals surface area contributed by atoms with Crippen molar-refractivity contribution >= 4 is 11.7 Å². The molecule has 1 aromatic carbocycles. The van der Waals surface area contributed by atoms with E-state index < -0.39 is 0 Å². The number of aromatic nitrogens is 1. The maximum absolute atomic E-state index is 13.8. The van der Waals surface area contributed by atoms with Crippen LogP contribution in [0, 0.1) is 31.0 Å². The predicted molar refractivity (Wildman–Crippen MR) is 108 cm³/mol. The lowest BCUT2D eigenvalue weighted by atomic mass is 9.94. The van der Waals surface area contributed by atoms with Crippen molar-refractivity contribution in [1.29, 1.82) is 5.26 Å². The first-order valence-electron chi connectivity index (χ1n) is 9.80.